The Morgan fingerprint density at radius 3 is 1.81 bits per heavy atom. The van der Waals surface area contributed by atoms with Crippen LogP contribution in [0.25, 0.3) is 22.3 Å². The summed E-state index contributed by atoms with van der Waals surface area (Å²) in [7, 11) is 0. The number of hydrogen-bond acceptors (Lipinski definition) is 2. The molecule has 0 aromatic heterocycles. The van der Waals surface area contributed by atoms with Gasteiger partial charge in [-0.1, -0.05) is 142 Å². The fourth-order valence-electron chi connectivity index (χ4n) is 10.5. The molecule has 0 bridgehead atoms. The molecular weight excluding hydrogens is 651 g/mol. The van der Waals surface area contributed by atoms with Gasteiger partial charge in [0.25, 0.3) is 6.71 Å². The van der Waals surface area contributed by atoms with Gasteiger partial charge in [0.15, 0.2) is 0 Å². The molecule has 0 N–H and O–H groups in total. The molecule has 11 rings (SSSR count). The molecule has 0 spiro atoms. The van der Waals surface area contributed by atoms with Crippen LogP contribution in [0, 0.1) is 0 Å². The summed E-state index contributed by atoms with van der Waals surface area (Å²) in [6.45, 7) is 4.88. The summed E-state index contributed by atoms with van der Waals surface area (Å²) in [4.78, 5) is 5.14. The number of nitrogens with zero attached hydrogens (tertiary/aromatic N) is 2. The Balaban J connectivity index is 1.16. The first-order valence-corrected chi connectivity index (χ1v) is 19.9. The topological polar surface area (TPSA) is 6.48 Å². The summed E-state index contributed by atoms with van der Waals surface area (Å²) < 4.78 is 0. The monoisotopic (exact) mass is 694 g/mol. The minimum Gasteiger partial charge on any atom is -0.311 e. The molecule has 2 aliphatic carbocycles. The van der Waals surface area contributed by atoms with Crippen molar-refractivity contribution in [3.8, 4) is 22.3 Å². The van der Waals surface area contributed by atoms with Crippen LogP contribution in [-0.2, 0) is 5.41 Å². The van der Waals surface area contributed by atoms with Gasteiger partial charge >= 0.3 is 0 Å². The molecule has 1 fully saturated rings. The zero-order chi connectivity index (χ0) is 36.0. The summed E-state index contributed by atoms with van der Waals surface area (Å²) in [5.74, 6) is 0.564. The first-order valence-electron chi connectivity index (χ1n) is 19.9. The van der Waals surface area contributed by atoms with Gasteiger partial charge < -0.3 is 9.80 Å². The van der Waals surface area contributed by atoms with Crippen molar-refractivity contribution in [3.05, 3.63) is 174 Å². The van der Waals surface area contributed by atoms with Crippen molar-refractivity contribution in [2.45, 2.75) is 57.3 Å². The Morgan fingerprint density at radius 1 is 0.500 bits per heavy atom. The Morgan fingerprint density at radius 2 is 1.07 bits per heavy atom. The highest BCUT2D eigenvalue weighted by Crippen LogP contribution is 2.53. The third-order valence-corrected chi connectivity index (χ3v) is 13.0. The molecule has 0 radical (unpaired) electrons. The second-order valence-corrected chi connectivity index (χ2v) is 16.3. The summed E-state index contributed by atoms with van der Waals surface area (Å²) in [6, 6.07) is 59.8. The second kappa shape index (κ2) is 12.1. The van der Waals surface area contributed by atoms with Crippen LogP contribution in [0.3, 0.4) is 0 Å². The molecule has 0 atom stereocenters. The molecular formula is C51H43BN2. The van der Waals surface area contributed by atoms with E-state index in [1.54, 1.807) is 0 Å². The zero-order valence-corrected chi connectivity index (χ0v) is 31.1. The summed E-state index contributed by atoms with van der Waals surface area (Å²) in [5, 5.41) is 0. The lowest BCUT2D eigenvalue weighted by Gasteiger charge is -2.45. The molecule has 0 unspecified atom stereocenters. The number of benzene rings is 7. The van der Waals surface area contributed by atoms with E-state index < -0.39 is 0 Å². The quantitative estimate of drug-likeness (QED) is 0.169. The highest BCUT2D eigenvalue weighted by Gasteiger charge is 2.44. The van der Waals surface area contributed by atoms with Crippen LogP contribution in [0.4, 0.5) is 34.1 Å². The molecule has 7 aromatic carbocycles. The van der Waals surface area contributed by atoms with Crippen molar-refractivity contribution < 1.29 is 0 Å². The lowest BCUT2D eigenvalue weighted by Crippen LogP contribution is -2.61. The number of para-hydroxylation sites is 3. The first kappa shape index (κ1) is 31.7. The molecule has 2 nitrogen and oxygen atoms in total. The number of anilines is 6. The summed E-state index contributed by atoms with van der Waals surface area (Å²) >= 11 is 0. The van der Waals surface area contributed by atoms with Gasteiger partial charge in [-0.25, -0.2) is 0 Å². The SMILES string of the molecule is CC1(C)c2ccccc2-c2c(-c3cccc(N4c5ccccc5B5c6ccccc6N(c6ccccc6)c6cc(C7CCCCC7)cc4c65)c3)cccc21. The molecule has 54 heavy (non-hydrogen) atoms. The van der Waals surface area contributed by atoms with Gasteiger partial charge in [0.05, 0.1) is 0 Å². The van der Waals surface area contributed by atoms with Crippen molar-refractivity contribution in [3.63, 3.8) is 0 Å². The van der Waals surface area contributed by atoms with Crippen LogP contribution in [0.5, 0.6) is 0 Å². The second-order valence-electron chi connectivity index (χ2n) is 16.3. The van der Waals surface area contributed by atoms with Gasteiger partial charge in [0.1, 0.15) is 0 Å². The summed E-state index contributed by atoms with van der Waals surface area (Å²) in [6.07, 6.45) is 6.47. The normalized spacial score (nSPS) is 16.3. The van der Waals surface area contributed by atoms with E-state index in [0.717, 1.165) is 0 Å². The zero-order valence-electron chi connectivity index (χ0n) is 31.1. The van der Waals surface area contributed by atoms with Crippen LogP contribution < -0.4 is 26.2 Å². The fourth-order valence-corrected chi connectivity index (χ4v) is 10.5. The first-order chi connectivity index (χ1) is 26.6. The lowest BCUT2D eigenvalue weighted by molar-refractivity contribution is 0.444. The molecule has 1 saturated carbocycles. The van der Waals surface area contributed by atoms with E-state index in [4.69, 9.17) is 0 Å². The van der Waals surface area contributed by atoms with Crippen molar-refractivity contribution in [1.29, 1.82) is 0 Å². The van der Waals surface area contributed by atoms with Crippen LogP contribution in [-0.4, -0.2) is 6.71 Å². The van der Waals surface area contributed by atoms with Gasteiger partial charge in [-0.2, -0.15) is 0 Å². The largest absolute Gasteiger partial charge is 0.311 e. The average Bonchev–Trinajstić information content (AvgIpc) is 3.47. The highest BCUT2D eigenvalue weighted by molar-refractivity contribution is 7.00. The Labute approximate surface area is 319 Å². The van der Waals surface area contributed by atoms with Crippen molar-refractivity contribution in [2.24, 2.45) is 0 Å². The molecule has 0 amide bonds. The number of hydrogen-bond donors (Lipinski definition) is 0. The molecule has 7 aromatic rings. The van der Waals surface area contributed by atoms with Crippen molar-refractivity contribution in [1.82, 2.24) is 0 Å². The molecule has 0 saturated heterocycles. The average molecular weight is 695 g/mol. The van der Waals surface area contributed by atoms with Crippen molar-refractivity contribution >= 4 is 57.2 Å². The van der Waals surface area contributed by atoms with Gasteiger partial charge in [-0.15, -0.1) is 0 Å². The van der Waals surface area contributed by atoms with Crippen LogP contribution in [0.2, 0.25) is 0 Å². The highest BCUT2D eigenvalue weighted by atomic mass is 15.2. The van der Waals surface area contributed by atoms with Gasteiger partial charge in [0, 0.05) is 39.5 Å². The number of fused-ring (bicyclic) bond motifs is 7. The predicted octanol–water partition coefficient (Wildman–Crippen LogP) is 11.8. The maximum Gasteiger partial charge on any atom is 0.252 e. The van der Waals surface area contributed by atoms with E-state index in [1.807, 2.05) is 0 Å². The van der Waals surface area contributed by atoms with E-state index in [2.05, 4.69) is 181 Å². The Bertz CT molecular complexity index is 2600. The standard InChI is InChI=1S/C51H43BN2/c1-51(2)41-25-10-9-23-40(41)49-39(24-16-26-42(49)51)35-19-15-22-38(31-35)54-46-30-14-12-28-44(46)52-43-27-11-13-29-45(43)53(37-20-7-4-8-21-37)47-32-36(33-48(54)50(47)52)34-17-5-3-6-18-34/h4,7-16,19-34H,3,5-6,17-18H2,1-2H3. The number of rotatable bonds is 4. The van der Waals surface area contributed by atoms with E-state index in [0.29, 0.717) is 5.92 Å². The third kappa shape index (κ3) is 4.60. The predicted molar refractivity (Wildman–Crippen MR) is 229 cm³/mol. The van der Waals surface area contributed by atoms with E-state index in [1.165, 1.54) is 122 Å². The minimum absolute atomic E-state index is 0.0418. The maximum absolute atomic E-state index is 2.60. The molecule has 260 valence electrons. The van der Waals surface area contributed by atoms with Crippen LogP contribution in [0.15, 0.2) is 158 Å². The maximum atomic E-state index is 2.60. The van der Waals surface area contributed by atoms with Crippen molar-refractivity contribution in [2.75, 3.05) is 9.80 Å². The Hall–Kier alpha value is -5.80. The van der Waals surface area contributed by atoms with Crippen LogP contribution >= 0.6 is 0 Å². The third-order valence-electron chi connectivity index (χ3n) is 13.0. The lowest BCUT2D eigenvalue weighted by atomic mass is 9.33. The van der Waals surface area contributed by atoms with E-state index >= 15 is 0 Å². The van der Waals surface area contributed by atoms with E-state index in [9.17, 15) is 0 Å². The van der Waals surface area contributed by atoms with Crippen LogP contribution in [0.1, 0.15) is 68.6 Å². The van der Waals surface area contributed by atoms with Gasteiger partial charge in [-0.05, 0) is 123 Å². The van der Waals surface area contributed by atoms with E-state index in [-0.39, 0.29) is 12.1 Å². The smallest absolute Gasteiger partial charge is 0.252 e. The van der Waals surface area contributed by atoms with Gasteiger partial charge in [-0.3, -0.25) is 0 Å². The summed E-state index contributed by atoms with van der Waals surface area (Å²) in [5.41, 5.74) is 21.3. The molecule has 4 aliphatic rings. The fraction of sp³-hybridized carbons (Fsp3) is 0.176. The molecule has 2 heterocycles. The molecule has 3 heteroatoms. The molecule has 2 aliphatic heterocycles. The van der Waals surface area contributed by atoms with Gasteiger partial charge in [0.2, 0.25) is 0 Å². The minimum atomic E-state index is -0.0418. The Kier molecular flexibility index (Phi) is 7.11.